The van der Waals surface area contributed by atoms with Gasteiger partial charge in [-0.3, -0.25) is 5.10 Å². The van der Waals surface area contributed by atoms with Crippen LogP contribution in [0, 0.1) is 0 Å². The Balaban J connectivity index is 0.000000980. The van der Waals surface area contributed by atoms with Gasteiger partial charge in [-0.15, -0.1) is 24.8 Å². The van der Waals surface area contributed by atoms with E-state index in [0.717, 1.165) is 16.5 Å². The second kappa shape index (κ2) is 5.80. The molecule has 1 heterocycles. The van der Waals surface area contributed by atoms with Crippen molar-refractivity contribution in [1.82, 2.24) is 10.2 Å². The number of hydrogen-bond donors (Lipinski definition) is 3. The number of nitrogens with one attached hydrogen (secondary N) is 1. The molecule has 0 aliphatic heterocycles. The Morgan fingerprint density at radius 3 is 2.73 bits per heavy atom. The SMILES string of the molecule is Cl.Cl.Nc1ccc2[nH]ncc2c1CCO. The van der Waals surface area contributed by atoms with Crippen molar-refractivity contribution in [2.75, 3.05) is 12.3 Å². The lowest BCUT2D eigenvalue weighted by Gasteiger charge is -2.04. The molecule has 4 N–H and O–H groups in total. The highest BCUT2D eigenvalue weighted by Gasteiger charge is 2.05. The molecule has 0 unspecified atom stereocenters. The van der Waals surface area contributed by atoms with E-state index in [1.807, 2.05) is 12.1 Å². The summed E-state index contributed by atoms with van der Waals surface area (Å²) in [4.78, 5) is 0. The molecular weight excluding hydrogens is 237 g/mol. The number of aromatic nitrogens is 2. The highest BCUT2D eigenvalue weighted by atomic mass is 35.5. The van der Waals surface area contributed by atoms with Crippen molar-refractivity contribution in [1.29, 1.82) is 0 Å². The van der Waals surface area contributed by atoms with Crippen LogP contribution in [0.2, 0.25) is 0 Å². The Labute approximate surface area is 99.7 Å². The summed E-state index contributed by atoms with van der Waals surface area (Å²) >= 11 is 0. The third-order valence-electron chi connectivity index (χ3n) is 2.13. The van der Waals surface area contributed by atoms with Crippen molar-refractivity contribution in [2.24, 2.45) is 0 Å². The maximum absolute atomic E-state index is 8.85. The molecule has 2 aromatic rings. The lowest BCUT2D eigenvalue weighted by Crippen LogP contribution is -1.97. The summed E-state index contributed by atoms with van der Waals surface area (Å²) in [5.74, 6) is 0. The molecule has 0 radical (unpaired) electrons. The quantitative estimate of drug-likeness (QED) is 0.707. The van der Waals surface area contributed by atoms with Crippen molar-refractivity contribution < 1.29 is 5.11 Å². The fourth-order valence-electron chi connectivity index (χ4n) is 1.48. The Kier molecular flexibility index (Phi) is 5.43. The van der Waals surface area contributed by atoms with Crippen LogP contribution in [-0.4, -0.2) is 21.9 Å². The first kappa shape index (κ1) is 14.0. The van der Waals surface area contributed by atoms with Crippen LogP contribution < -0.4 is 5.73 Å². The number of nitrogens with two attached hydrogens (primary N) is 1. The number of aliphatic hydroxyl groups is 1. The molecule has 0 atom stereocenters. The number of nitrogens with zero attached hydrogens (tertiary/aromatic N) is 1. The number of aliphatic hydroxyl groups excluding tert-OH is 1. The second-order valence-corrected chi connectivity index (χ2v) is 2.94. The zero-order valence-corrected chi connectivity index (χ0v) is 9.57. The maximum atomic E-state index is 8.85. The molecule has 4 nitrogen and oxygen atoms in total. The van der Waals surface area contributed by atoms with Crippen LogP contribution in [0.25, 0.3) is 10.9 Å². The molecule has 0 spiro atoms. The predicted octanol–water partition coefficient (Wildman–Crippen LogP) is 1.52. The van der Waals surface area contributed by atoms with E-state index in [9.17, 15) is 0 Å². The normalized spacial score (nSPS) is 9.40. The van der Waals surface area contributed by atoms with E-state index in [2.05, 4.69) is 10.2 Å². The van der Waals surface area contributed by atoms with Gasteiger partial charge in [0.05, 0.1) is 11.7 Å². The topological polar surface area (TPSA) is 74.9 Å². The van der Waals surface area contributed by atoms with E-state index in [1.165, 1.54) is 0 Å². The van der Waals surface area contributed by atoms with Crippen LogP contribution in [0.3, 0.4) is 0 Å². The van der Waals surface area contributed by atoms with Gasteiger partial charge in [0.1, 0.15) is 0 Å². The first-order valence-corrected chi connectivity index (χ1v) is 4.14. The Morgan fingerprint density at radius 1 is 1.33 bits per heavy atom. The molecule has 1 aromatic heterocycles. The Morgan fingerprint density at radius 2 is 2.07 bits per heavy atom. The van der Waals surface area contributed by atoms with Gasteiger partial charge in [0, 0.05) is 17.7 Å². The number of H-pyrrole nitrogens is 1. The molecule has 0 saturated carbocycles. The van der Waals surface area contributed by atoms with E-state index < -0.39 is 0 Å². The van der Waals surface area contributed by atoms with Gasteiger partial charge in [-0.05, 0) is 24.1 Å². The first-order chi connectivity index (χ1) is 6.33. The molecule has 0 aliphatic rings. The average molecular weight is 250 g/mol. The number of anilines is 1. The summed E-state index contributed by atoms with van der Waals surface area (Å²) < 4.78 is 0. The standard InChI is InChI=1S/C9H11N3O.2ClH/c10-8-1-2-9-7(5-11-12-9)6(8)3-4-13;;/h1-2,5,13H,3-4,10H2,(H,11,12);2*1H. The number of hydrogen-bond acceptors (Lipinski definition) is 3. The Bertz CT molecular complexity index is 430. The van der Waals surface area contributed by atoms with Crippen LogP contribution in [0.15, 0.2) is 18.3 Å². The number of benzene rings is 1. The summed E-state index contributed by atoms with van der Waals surface area (Å²) in [5, 5.41) is 16.6. The van der Waals surface area contributed by atoms with E-state index in [-0.39, 0.29) is 31.4 Å². The molecule has 15 heavy (non-hydrogen) atoms. The lowest BCUT2D eigenvalue weighted by molar-refractivity contribution is 0.300. The van der Waals surface area contributed by atoms with Gasteiger partial charge in [0.2, 0.25) is 0 Å². The van der Waals surface area contributed by atoms with Crippen molar-refractivity contribution in [2.45, 2.75) is 6.42 Å². The molecule has 6 heteroatoms. The number of nitrogen functional groups attached to an aromatic ring is 1. The maximum Gasteiger partial charge on any atom is 0.0654 e. The van der Waals surface area contributed by atoms with E-state index in [1.54, 1.807) is 6.20 Å². The molecule has 2 rings (SSSR count). The predicted molar refractivity (Wildman–Crippen MR) is 65.8 cm³/mol. The fourth-order valence-corrected chi connectivity index (χ4v) is 1.48. The van der Waals surface area contributed by atoms with Gasteiger partial charge in [0.25, 0.3) is 0 Å². The zero-order valence-electron chi connectivity index (χ0n) is 7.93. The monoisotopic (exact) mass is 249 g/mol. The summed E-state index contributed by atoms with van der Waals surface area (Å²) in [7, 11) is 0. The van der Waals surface area contributed by atoms with E-state index >= 15 is 0 Å². The zero-order chi connectivity index (χ0) is 9.26. The fraction of sp³-hybridized carbons (Fsp3) is 0.222. The van der Waals surface area contributed by atoms with Crippen LogP contribution in [0.4, 0.5) is 5.69 Å². The smallest absolute Gasteiger partial charge is 0.0654 e. The van der Waals surface area contributed by atoms with Crippen molar-refractivity contribution in [3.05, 3.63) is 23.9 Å². The van der Waals surface area contributed by atoms with Crippen LogP contribution in [0.1, 0.15) is 5.56 Å². The Hall–Kier alpha value is -0.970. The summed E-state index contributed by atoms with van der Waals surface area (Å²) in [6, 6.07) is 3.71. The molecule has 0 amide bonds. The van der Waals surface area contributed by atoms with Crippen LogP contribution >= 0.6 is 24.8 Å². The first-order valence-electron chi connectivity index (χ1n) is 4.14. The van der Waals surface area contributed by atoms with Crippen LogP contribution in [0.5, 0.6) is 0 Å². The highest BCUT2D eigenvalue weighted by molar-refractivity contribution is 5.86. The van der Waals surface area contributed by atoms with E-state index in [4.69, 9.17) is 10.8 Å². The van der Waals surface area contributed by atoms with Crippen molar-refractivity contribution >= 4 is 41.4 Å². The van der Waals surface area contributed by atoms with Crippen LogP contribution in [-0.2, 0) is 6.42 Å². The van der Waals surface area contributed by atoms with Gasteiger partial charge < -0.3 is 10.8 Å². The van der Waals surface area contributed by atoms with Gasteiger partial charge >= 0.3 is 0 Å². The molecular formula is C9H13Cl2N3O. The van der Waals surface area contributed by atoms with Gasteiger partial charge in [-0.25, -0.2) is 0 Å². The molecule has 0 saturated heterocycles. The molecule has 84 valence electrons. The largest absolute Gasteiger partial charge is 0.398 e. The summed E-state index contributed by atoms with van der Waals surface area (Å²) in [5.41, 5.74) is 8.41. The number of halogens is 2. The summed E-state index contributed by atoms with van der Waals surface area (Å²) in [6.07, 6.45) is 2.30. The van der Waals surface area contributed by atoms with Crippen molar-refractivity contribution in [3.8, 4) is 0 Å². The third-order valence-corrected chi connectivity index (χ3v) is 2.13. The van der Waals surface area contributed by atoms with Gasteiger partial charge in [0.15, 0.2) is 0 Å². The molecule has 0 bridgehead atoms. The van der Waals surface area contributed by atoms with Gasteiger partial charge in [-0.2, -0.15) is 5.10 Å². The minimum atomic E-state index is 0. The van der Waals surface area contributed by atoms with Gasteiger partial charge in [-0.1, -0.05) is 0 Å². The average Bonchev–Trinajstić information content (AvgIpc) is 2.58. The molecule has 0 fully saturated rings. The second-order valence-electron chi connectivity index (χ2n) is 2.94. The highest BCUT2D eigenvalue weighted by Crippen LogP contribution is 2.22. The molecule has 1 aromatic carbocycles. The van der Waals surface area contributed by atoms with E-state index in [0.29, 0.717) is 12.1 Å². The number of aromatic amines is 1. The third kappa shape index (κ3) is 2.53. The lowest BCUT2D eigenvalue weighted by atomic mass is 10.1. The van der Waals surface area contributed by atoms with Crippen molar-refractivity contribution in [3.63, 3.8) is 0 Å². The number of rotatable bonds is 2. The molecule has 0 aliphatic carbocycles. The minimum Gasteiger partial charge on any atom is -0.398 e. The number of fused-ring (bicyclic) bond motifs is 1. The minimum absolute atomic E-state index is 0. The summed E-state index contributed by atoms with van der Waals surface area (Å²) in [6.45, 7) is 0.106.